The summed E-state index contributed by atoms with van der Waals surface area (Å²) in [4.78, 5) is 12.1. The molecule has 134 valence electrons. The molecule has 0 radical (unpaired) electrons. The number of phenolic OH excluding ortho intramolecular Hbond substituents is 1. The van der Waals surface area contributed by atoms with Gasteiger partial charge in [0.25, 0.3) is 0 Å². The van der Waals surface area contributed by atoms with Crippen molar-refractivity contribution in [2.75, 3.05) is 11.9 Å². The van der Waals surface area contributed by atoms with Crippen molar-refractivity contribution in [1.82, 2.24) is 15.1 Å². The fourth-order valence-corrected chi connectivity index (χ4v) is 3.02. The number of carbonyl (C=O) groups is 1. The number of phenols is 1. The Labute approximate surface area is 148 Å². The van der Waals surface area contributed by atoms with Crippen molar-refractivity contribution in [2.45, 2.75) is 45.6 Å². The maximum Gasteiger partial charge on any atom is 0.320 e. The van der Waals surface area contributed by atoms with Gasteiger partial charge >= 0.3 is 6.03 Å². The smallest absolute Gasteiger partial charge is 0.320 e. The molecule has 0 spiro atoms. The molecule has 1 fully saturated rings. The highest BCUT2D eigenvalue weighted by atomic mass is 16.3. The van der Waals surface area contributed by atoms with Crippen molar-refractivity contribution >= 4 is 11.8 Å². The molecule has 1 saturated carbocycles. The number of urea groups is 1. The van der Waals surface area contributed by atoms with Gasteiger partial charge in [-0.25, -0.2) is 9.48 Å². The number of benzene rings is 1. The summed E-state index contributed by atoms with van der Waals surface area (Å²) >= 11 is 0. The van der Waals surface area contributed by atoms with Crippen molar-refractivity contribution in [3.05, 3.63) is 41.6 Å². The van der Waals surface area contributed by atoms with Gasteiger partial charge in [-0.05, 0) is 63.1 Å². The molecule has 1 aromatic carbocycles. The van der Waals surface area contributed by atoms with Crippen LogP contribution in [0.2, 0.25) is 0 Å². The second-order valence-corrected chi connectivity index (χ2v) is 6.84. The number of hydrogen-bond donors (Lipinski definition) is 3. The van der Waals surface area contributed by atoms with Gasteiger partial charge in [-0.2, -0.15) is 5.10 Å². The molecule has 0 aliphatic heterocycles. The van der Waals surface area contributed by atoms with Crippen LogP contribution in [0.4, 0.5) is 10.6 Å². The lowest BCUT2D eigenvalue weighted by atomic mass is 10.1. The third kappa shape index (κ3) is 4.75. The SMILES string of the molecule is Cc1cc(NC(=O)NCCCc2ccc(O)cc2)n([C@H](C)C2CC2)n1. The summed E-state index contributed by atoms with van der Waals surface area (Å²) in [5.74, 6) is 1.70. The van der Waals surface area contributed by atoms with E-state index in [-0.39, 0.29) is 11.8 Å². The van der Waals surface area contributed by atoms with Gasteiger partial charge in [0.15, 0.2) is 0 Å². The van der Waals surface area contributed by atoms with Crippen LogP contribution in [0.15, 0.2) is 30.3 Å². The number of carbonyl (C=O) groups excluding carboxylic acids is 1. The highest BCUT2D eigenvalue weighted by Gasteiger charge is 2.31. The summed E-state index contributed by atoms with van der Waals surface area (Å²) in [5.41, 5.74) is 2.06. The van der Waals surface area contributed by atoms with Crippen LogP contribution in [0.3, 0.4) is 0 Å². The molecule has 6 heteroatoms. The van der Waals surface area contributed by atoms with E-state index in [0.29, 0.717) is 18.5 Å². The molecule has 6 nitrogen and oxygen atoms in total. The average Bonchev–Trinajstić information content (AvgIpc) is 3.36. The number of amides is 2. The van der Waals surface area contributed by atoms with Crippen LogP contribution in [-0.4, -0.2) is 27.5 Å². The predicted octanol–water partition coefficient (Wildman–Crippen LogP) is 3.62. The molecule has 1 aromatic heterocycles. The van der Waals surface area contributed by atoms with Gasteiger partial charge in [0.2, 0.25) is 0 Å². The summed E-state index contributed by atoms with van der Waals surface area (Å²) in [6, 6.07) is 9.19. The first-order valence-electron chi connectivity index (χ1n) is 8.92. The van der Waals surface area contributed by atoms with Gasteiger partial charge in [-0.15, -0.1) is 0 Å². The zero-order chi connectivity index (χ0) is 17.8. The van der Waals surface area contributed by atoms with Crippen LogP contribution in [0.1, 0.15) is 43.5 Å². The number of rotatable bonds is 7. The average molecular weight is 342 g/mol. The quantitative estimate of drug-likeness (QED) is 0.672. The number of nitrogens with one attached hydrogen (secondary N) is 2. The van der Waals surface area contributed by atoms with Crippen molar-refractivity contribution in [3.63, 3.8) is 0 Å². The minimum Gasteiger partial charge on any atom is -0.508 e. The first-order chi connectivity index (χ1) is 12.0. The Morgan fingerprint density at radius 3 is 2.76 bits per heavy atom. The van der Waals surface area contributed by atoms with E-state index in [4.69, 9.17) is 0 Å². The number of nitrogens with zero attached hydrogens (tertiary/aromatic N) is 2. The minimum atomic E-state index is -0.199. The molecule has 0 bridgehead atoms. The molecule has 25 heavy (non-hydrogen) atoms. The van der Waals surface area contributed by atoms with E-state index in [1.54, 1.807) is 12.1 Å². The third-order valence-electron chi connectivity index (χ3n) is 4.65. The number of hydrogen-bond acceptors (Lipinski definition) is 3. The van der Waals surface area contributed by atoms with Crippen molar-refractivity contribution in [2.24, 2.45) is 5.92 Å². The fraction of sp³-hybridized carbons (Fsp3) is 0.474. The van der Waals surface area contributed by atoms with Crippen molar-refractivity contribution in [1.29, 1.82) is 0 Å². The van der Waals surface area contributed by atoms with Crippen LogP contribution < -0.4 is 10.6 Å². The first kappa shape index (κ1) is 17.3. The van der Waals surface area contributed by atoms with E-state index in [1.807, 2.05) is 29.8 Å². The molecule has 2 amide bonds. The molecule has 0 saturated heterocycles. The van der Waals surface area contributed by atoms with Crippen molar-refractivity contribution < 1.29 is 9.90 Å². The van der Waals surface area contributed by atoms with E-state index in [1.165, 1.54) is 12.8 Å². The highest BCUT2D eigenvalue weighted by molar-refractivity contribution is 5.88. The number of aromatic nitrogens is 2. The van der Waals surface area contributed by atoms with Crippen LogP contribution in [-0.2, 0) is 6.42 Å². The van der Waals surface area contributed by atoms with Gasteiger partial charge in [-0.3, -0.25) is 5.32 Å². The molecule has 3 N–H and O–H groups in total. The Kier molecular flexibility index (Phi) is 5.26. The molecule has 1 aliphatic carbocycles. The lowest BCUT2D eigenvalue weighted by Gasteiger charge is -2.15. The maximum absolute atomic E-state index is 12.1. The maximum atomic E-state index is 12.1. The van der Waals surface area contributed by atoms with E-state index >= 15 is 0 Å². The van der Waals surface area contributed by atoms with E-state index in [2.05, 4.69) is 22.7 Å². The second kappa shape index (κ2) is 7.59. The lowest BCUT2D eigenvalue weighted by molar-refractivity contribution is 0.251. The summed E-state index contributed by atoms with van der Waals surface area (Å²) in [6.45, 7) is 4.69. The topological polar surface area (TPSA) is 79.2 Å². The van der Waals surface area contributed by atoms with Crippen LogP contribution >= 0.6 is 0 Å². The molecule has 0 unspecified atom stereocenters. The molecule has 1 heterocycles. The van der Waals surface area contributed by atoms with Crippen LogP contribution in [0.25, 0.3) is 0 Å². The zero-order valence-electron chi connectivity index (χ0n) is 14.8. The highest BCUT2D eigenvalue weighted by Crippen LogP contribution is 2.40. The number of aromatic hydroxyl groups is 1. The summed E-state index contributed by atoms with van der Waals surface area (Å²) in [7, 11) is 0. The predicted molar refractivity (Wildman–Crippen MR) is 97.8 cm³/mol. The van der Waals surface area contributed by atoms with Gasteiger partial charge in [0.05, 0.1) is 11.7 Å². The normalized spacial score (nSPS) is 15.0. The molecule has 3 rings (SSSR count). The molecular formula is C19H26N4O2. The van der Waals surface area contributed by atoms with Crippen LogP contribution in [0.5, 0.6) is 5.75 Å². The van der Waals surface area contributed by atoms with Gasteiger partial charge < -0.3 is 10.4 Å². The van der Waals surface area contributed by atoms with Gasteiger partial charge in [0.1, 0.15) is 11.6 Å². The Bertz CT molecular complexity index is 720. The van der Waals surface area contributed by atoms with E-state index in [9.17, 15) is 9.90 Å². The fourth-order valence-electron chi connectivity index (χ4n) is 3.02. The Balaban J connectivity index is 1.45. The molecule has 1 atom stereocenters. The largest absolute Gasteiger partial charge is 0.508 e. The lowest BCUT2D eigenvalue weighted by Crippen LogP contribution is -2.31. The minimum absolute atomic E-state index is 0.199. The van der Waals surface area contributed by atoms with Crippen molar-refractivity contribution in [3.8, 4) is 5.75 Å². The summed E-state index contributed by atoms with van der Waals surface area (Å²) in [5, 5.41) is 19.6. The van der Waals surface area contributed by atoms with Crippen LogP contribution in [0, 0.1) is 12.8 Å². The Morgan fingerprint density at radius 1 is 1.36 bits per heavy atom. The Morgan fingerprint density at radius 2 is 2.08 bits per heavy atom. The zero-order valence-corrected chi connectivity index (χ0v) is 14.8. The number of anilines is 1. The molecular weight excluding hydrogens is 316 g/mol. The van der Waals surface area contributed by atoms with E-state index in [0.717, 1.165) is 29.9 Å². The standard InChI is InChI=1S/C19H26N4O2/c1-13-12-18(23(22-13)14(2)16-7-8-16)21-19(25)20-11-3-4-15-5-9-17(24)10-6-15/h5-6,9-10,12,14,16,24H,3-4,7-8,11H2,1-2H3,(H2,20,21,25)/t14-/m1/s1. The summed E-state index contributed by atoms with van der Waals surface area (Å²) < 4.78 is 1.93. The van der Waals surface area contributed by atoms with E-state index < -0.39 is 0 Å². The molecule has 2 aromatic rings. The summed E-state index contributed by atoms with van der Waals surface area (Å²) in [6.07, 6.45) is 4.18. The van der Waals surface area contributed by atoms with Gasteiger partial charge in [-0.1, -0.05) is 12.1 Å². The van der Waals surface area contributed by atoms with Gasteiger partial charge in [0, 0.05) is 12.6 Å². The second-order valence-electron chi connectivity index (χ2n) is 6.84. The first-order valence-corrected chi connectivity index (χ1v) is 8.92. The number of aryl methyl sites for hydroxylation is 2. The monoisotopic (exact) mass is 342 g/mol. The Hall–Kier alpha value is -2.50. The molecule has 1 aliphatic rings. The third-order valence-corrected chi connectivity index (χ3v) is 4.65.